The summed E-state index contributed by atoms with van der Waals surface area (Å²) in [4.78, 5) is 14.8. The molecule has 25 heavy (non-hydrogen) atoms. The molecule has 2 aliphatic heterocycles. The Bertz CT molecular complexity index is 547. The van der Waals surface area contributed by atoms with Gasteiger partial charge in [0.2, 0.25) is 5.91 Å². The van der Waals surface area contributed by atoms with E-state index in [2.05, 4.69) is 52.7 Å². The highest BCUT2D eigenvalue weighted by atomic mass is 32.2. The maximum atomic E-state index is 12.1. The van der Waals surface area contributed by atoms with Gasteiger partial charge in [-0.15, -0.1) is 0 Å². The summed E-state index contributed by atoms with van der Waals surface area (Å²) in [5.41, 5.74) is 0. The fourth-order valence-electron chi connectivity index (χ4n) is 3.58. The van der Waals surface area contributed by atoms with Gasteiger partial charge in [0.1, 0.15) is 5.82 Å². The van der Waals surface area contributed by atoms with E-state index >= 15 is 0 Å². The molecule has 7 heteroatoms. The molecular weight excluding hydrogens is 352 g/mol. The van der Waals surface area contributed by atoms with E-state index in [0.717, 1.165) is 37.8 Å². The van der Waals surface area contributed by atoms with Crippen molar-refractivity contribution in [2.75, 3.05) is 41.4 Å². The summed E-state index contributed by atoms with van der Waals surface area (Å²) >= 11 is 4.21. The van der Waals surface area contributed by atoms with Gasteiger partial charge >= 0.3 is 0 Å². The Kier molecular flexibility index (Phi) is 7.13. The normalized spacial score (nSPS) is 21.4. The molecule has 1 N–H and O–H groups in total. The van der Waals surface area contributed by atoms with Crippen molar-refractivity contribution < 1.29 is 4.79 Å². The molecule has 1 aromatic rings. The molecule has 2 fully saturated rings. The van der Waals surface area contributed by atoms with Gasteiger partial charge in [0.15, 0.2) is 0 Å². The lowest BCUT2D eigenvalue weighted by Crippen LogP contribution is -2.44. The predicted molar refractivity (Wildman–Crippen MR) is 109 cm³/mol. The molecule has 2 saturated heterocycles. The Hall–Kier alpha value is -0.660. The van der Waals surface area contributed by atoms with Gasteiger partial charge in [0.05, 0.1) is 12.2 Å². The quantitative estimate of drug-likeness (QED) is 0.846. The van der Waals surface area contributed by atoms with Crippen LogP contribution in [0.25, 0.3) is 0 Å². The van der Waals surface area contributed by atoms with Crippen LogP contribution < -0.4 is 5.32 Å². The van der Waals surface area contributed by atoms with Crippen molar-refractivity contribution >= 4 is 35.2 Å². The highest BCUT2D eigenvalue weighted by Crippen LogP contribution is 2.29. The summed E-state index contributed by atoms with van der Waals surface area (Å²) < 4.78 is 2.03. The number of thioether (sulfide) groups is 2. The van der Waals surface area contributed by atoms with Crippen molar-refractivity contribution in [2.24, 2.45) is 5.92 Å². The molecule has 0 bridgehead atoms. The number of carbonyl (C=O) groups excluding carboxylic acids is 1. The number of nitrogens with zero attached hydrogens (tertiary/aromatic N) is 3. The van der Waals surface area contributed by atoms with E-state index in [0.29, 0.717) is 18.4 Å². The second kappa shape index (κ2) is 9.33. The minimum absolute atomic E-state index is 0.0849. The van der Waals surface area contributed by atoms with Crippen LogP contribution >= 0.6 is 23.5 Å². The molecule has 1 amide bonds. The van der Waals surface area contributed by atoms with Crippen LogP contribution in [0.3, 0.4) is 0 Å². The van der Waals surface area contributed by atoms with Crippen LogP contribution in [0.2, 0.25) is 0 Å². The summed E-state index contributed by atoms with van der Waals surface area (Å²) in [7, 11) is 0. The molecule has 0 spiro atoms. The number of hydrogen-bond acceptors (Lipinski definition) is 5. The molecule has 0 saturated carbocycles. The lowest BCUT2D eigenvalue weighted by atomic mass is 10.0. The average Bonchev–Trinajstić information content (AvgIpc) is 2.87. The summed E-state index contributed by atoms with van der Waals surface area (Å²) in [6.07, 6.45) is 4.58. The van der Waals surface area contributed by atoms with Crippen LogP contribution in [-0.2, 0) is 4.79 Å². The van der Waals surface area contributed by atoms with E-state index < -0.39 is 0 Å². The maximum Gasteiger partial charge on any atom is 0.225 e. The van der Waals surface area contributed by atoms with Crippen LogP contribution in [0.1, 0.15) is 39.2 Å². The van der Waals surface area contributed by atoms with Gasteiger partial charge in [-0.2, -0.15) is 28.6 Å². The molecule has 5 nitrogen and oxygen atoms in total. The number of carbonyl (C=O) groups is 1. The monoisotopic (exact) mass is 382 g/mol. The second-order valence-electron chi connectivity index (χ2n) is 7.38. The van der Waals surface area contributed by atoms with E-state index in [1.807, 2.05) is 10.7 Å². The smallest absolute Gasteiger partial charge is 0.225 e. The van der Waals surface area contributed by atoms with Crippen LogP contribution in [0, 0.1) is 5.92 Å². The first-order valence-corrected chi connectivity index (χ1v) is 11.7. The van der Waals surface area contributed by atoms with Gasteiger partial charge in [0, 0.05) is 54.6 Å². The predicted octanol–water partition coefficient (Wildman–Crippen LogP) is 3.35. The zero-order chi connectivity index (χ0) is 17.6. The Morgan fingerprint density at radius 3 is 2.56 bits per heavy atom. The first kappa shape index (κ1) is 19.1. The van der Waals surface area contributed by atoms with Crippen LogP contribution in [0.4, 0.5) is 5.82 Å². The molecule has 0 radical (unpaired) electrons. The molecule has 0 atom stereocenters. The number of rotatable bonds is 5. The molecule has 0 aliphatic carbocycles. The minimum atomic E-state index is 0.0849. The van der Waals surface area contributed by atoms with E-state index in [4.69, 9.17) is 0 Å². The zero-order valence-electron chi connectivity index (χ0n) is 15.3. The van der Waals surface area contributed by atoms with Gasteiger partial charge in [-0.05, 0) is 18.8 Å². The van der Waals surface area contributed by atoms with Gasteiger partial charge in [-0.25, -0.2) is 4.68 Å². The van der Waals surface area contributed by atoms with E-state index in [-0.39, 0.29) is 5.91 Å². The third kappa shape index (κ3) is 5.41. The Balaban J connectivity index is 1.54. The third-order valence-corrected chi connectivity index (χ3v) is 7.37. The number of aromatic nitrogens is 2. The standard InChI is InChI=1S/C18H30N4OS2/c1-14(2)11-18(23)20-17-3-6-19-22(17)15-4-7-21(8-5-15)16-12-24-9-10-25-13-16/h3,6,14-16H,4-5,7-13H2,1-2H3,(H,20,23). The van der Waals surface area contributed by atoms with Gasteiger partial charge in [-0.3, -0.25) is 9.69 Å². The molecule has 2 aliphatic rings. The summed E-state index contributed by atoms with van der Waals surface area (Å²) in [6.45, 7) is 6.40. The first-order chi connectivity index (χ1) is 12.1. The summed E-state index contributed by atoms with van der Waals surface area (Å²) in [5, 5.41) is 7.54. The molecule has 3 rings (SSSR count). The Morgan fingerprint density at radius 1 is 1.24 bits per heavy atom. The Morgan fingerprint density at radius 2 is 1.92 bits per heavy atom. The lowest BCUT2D eigenvalue weighted by Gasteiger charge is -2.37. The Labute approximate surface area is 159 Å². The van der Waals surface area contributed by atoms with Crippen LogP contribution in [0.5, 0.6) is 0 Å². The van der Waals surface area contributed by atoms with Gasteiger partial charge in [0.25, 0.3) is 0 Å². The molecule has 3 heterocycles. The summed E-state index contributed by atoms with van der Waals surface area (Å²) in [5.74, 6) is 6.45. The van der Waals surface area contributed by atoms with Crippen molar-refractivity contribution in [1.82, 2.24) is 14.7 Å². The number of amides is 1. The molecule has 0 aromatic carbocycles. The highest BCUT2D eigenvalue weighted by Gasteiger charge is 2.28. The topological polar surface area (TPSA) is 50.2 Å². The minimum Gasteiger partial charge on any atom is -0.311 e. The number of anilines is 1. The van der Waals surface area contributed by atoms with Gasteiger partial charge < -0.3 is 5.32 Å². The first-order valence-electron chi connectivity index (χ1n) is 9.36. The largest absolute Gasteiger partial charge is 0.311 e. The number of hydrogen-bond donors (Lipinski definition) is 1. The fraction of sp³-hybridized carbons (Fsp3) is 0.778. The molecular formula is C18H30N4OS2. The van der Waals surface area contributed by atoms with E-state index in [1.54, 1.807) is 6.20 Å². The second-order valence-corrected chi connectivity index (χ2v) is 9.68. The zero-order valence-corrected chi connectivity index (χ0v) is 17.0. The molecule has 0 unspecified atom stereocenters. The number of nitrogens with one attached hydrogen (secondary N) is 1. The van der Waals surface area contributed by atoms with Crippen molar-refractivity contribution in [3.8, 4) is 0 Å². The highest BCUT2D eigenvalue weighted by molar-refractivity contribution is 8.03. The third-order valence-electron chi connectivity index (χ3n) is 4.89. The lowest BCUT2D eigenvalue weighted by molar-refractivity contribution is -0.116. The summed E-state index contributed by atoms with van der Waals surface area (Å²) in [6, 6.07) is 3.04. The SMILES string of the molecule is CC(C)CC(=O)Nc1ccnn1C1CCN(C2CSCCSC2)CC1. The fourth-order valence-corrected chi connectivity index (χ4v) is 6.21. The van der Waals surface area contributed by atoms with Crippen molar-refractivity contribution in [3.63, 3.8) is 0 Å². The van der Waals surface area contributed by atoms with Crippen molar-refractivity contribution in [2.45, 2.75) is 45.2 Å². The average molecular weight is 383 g/mol. The maximum absolute atomic E-state index is 12.1. The van der Waals surface area contributed by atoms with E-state index in [1.165, 1.54) is 23.0 Å². The number of piperidine rings is 1. The van der Waals surface area contributed by atoms with E-state index in [9.17, 15) is 4.79 Å². The van der Waals surface area contributed by atoms with Crippen LogP contribution in [-0.4, -0.2) is 62.7 Å². The number of likely N-dealkylation sites (tertiary alicyclic amines) is 1. The van der Waals surface area contributed by atoms with Crippen molar-refractivity contribution in [1.29, 1.82) is 0 Å². The molecule has 140 valence electrons. The van der Waals surface area contributed by atoms with Crippen LogP contribution in [0.15, 0.2) is 12.3 Å². The van der Waals surface area contributed by atoms with Crippen molar-refractivity contribution in [3.05, 3.63) is 12.3 Å². The molecule has 1 aromatic heterocycles. The van der Waals surface area contributed by atoms with Gasteiger partial charge in [-0.1, -0.05) is 13.8 Å².